The molecule has 0 bridgehead atoms. The second-order valence-corrected chi connectivity index (χ2v) is 7.64. The van der Waals surface area contributed by atoms with Gasteiger partial charge in [0.05, 0.1) is 6.04 Å². The van der Waals surface area contributed by atoms with E-state index in [1.165, 1.54) is 24.3 Å². The predicted octanol–water partition coefficient (Wildman–Crippen LogP) is 4.16. The minimum Gasteiger partial charge on any atom is -0.336 e. The molecule has 1 aliphatic rings. The van der Waals surface area contributed by atoms with Crippen LogP contribution in [0.15, 0.2) is 24.5 Å². The van der Waals surface area contributed by atoms with Crippen molar-refractivity contribution in [2.75, 3.05) is 18.1 Å². The predicted molar refractivity (Wildman–Crippen MR) is 93.9 cm³/mol. The summed E-state index contributed by atoms with van der Waals surface area (Å²) < 4.78 is 0. The summed E-state index contributed by atoms with van der Waals surface area (Å²) in [5.41, 5.74) is 1.15. The highest BCUT2D eigenvalue weighted by Gasteiger charge is 2.28. The maximum absolute atomic E-state index is 12.9. The van der Waals surface area contributed by atoms with Gasteiger partial charge in [-0.15, -0.1) is 0 Å². The third kappa shape index (κ3) is 4.48. The molecule has 1 amide bonds. The zero-order valence-corrected chi connectivity index (χ0v) is 14.8. The van der Waals surface area contributed by atoms with Crippen molar-refractivity contribution in [1.29, 1.82) is 0 Å². The average Bonchev–Trinajstić information content (AvgIpc) is 2.53. The molecule has 1 aliphatic heterocycles. The van der Waals surface area contributed by atoms with Gasteiger partial charge >= 0.3 is 0 Å². The van der Waals surface area contributed by atoms with E-state index in [0.29, 0.717) is 24.2 Å². The van der Waals surface area contributed by atoms with Crippen LogP contribution in [0.4, 0.5) is 0 Å². The Morgan fingerprint density at radius 1 is 1.41 bits per heavy atom. The highest BCUT2D eigenvalue weighted by Crippen LogP contribution is 2.31. The first kappa shape index (κ1) is 17.3. The Kier molecular flexibility index (Phi) is 6.74. The molecule has 0 unspecified atom stereocenters. The van der Waals surface area contributed by atoms with Gasteiger partial charge in [-0.1, -0.05) is 19.9 Å². The summed E-state index contributed by atoms with van der Waals surface area (Å²) >= 11 is 2.01. The lowest BCUT2D eigenvalue weighted by Gasteiger charge is -2.35. The first-order valence-corrected chi connectivity index (χ1v) is 9.56. The minimum atomic E-state index is 0.129. The molecule has 1 atom stereocenters. The van der Waals surface area contributed by atoms with Crippen LogP contribution in [0, 0.1) is 11.8 Å². The molecule has 0 aliphatic carbocycles. The molecule has 22 heavy (non-hydrogen) atoms. The maximum Gasteiger partial charge on any atom is 0.223 e. The molecule has 0 spiro atoms. The van der Waals surface area contributed by atoms with Crippen LogP contribution in [0.5, 0.6) is 0 Å². The largest absolute Gasteiger partial charge is 0.336 e. The molecule has 1 saturated heterocycles. The van der Waals surface area contributed by atoms with E-state index in [1.807, 2.05) is 24.0 Å². The normalized spacial score (nSPS) is 17.5. The Hall–Kier alpha value is -1.03. The third-order valence-corrected chi connectivity index (χ3v) is 5.51. The van der Waals surface area contributed by atoms with Gasteiger partial charge in [0.15, 0.2) is 0 Å². The van der Waals surface area contributed by atoms with Crippen molar-refractivity contribution < 1.29 is 4.79 Å². The standard InChI is InChI=1S/C18H28N2OS/c1-4-20(17(21)12-15-7-10-22-11-8-15)18(14(2)3)16-6-5-9-19-13-16/h5-6,9,13-15,18H,4,7-8,10-12H2,1-3H3/t18-/m0/s1. The molecule has 1 aromatic heterocycles. The smallest absolute Gasteiger partial charge is 0.223 e. The molecular weight excluding hydrogens is 292 g/mol. The van der Waals surface area contributed by atoms with Gasteiger partial charge in [0.1, 0.15) is 0 Å². The lowest BCUT2D eigenvalue weighted by Crippen LogP contribution is -2.38. The molecule has 0 saturated carbocycles. The fourth-order valence-corrected chi connectivity index (χ4v) is 4.52. The highest BCUT2D eigenvalue weighted by molar-refractivity contribution is 7.99. The SMILES string of the molecule is CCN(C(=O)CC1CCSCC1)[C@H](c1cccnc1)C(C)C. The topological polar surface area (TPSA) is 33.2 Å². The molecule has 3 nitrogen and oxygen atoms in total. The van der Waals surface area contributed by atoms with Crippen LogP contribution >= 0.6 is 11.8 Å². The van der Waals surface area contributed by atoms with Crippen LogP contribution in [0.1, 0.15) is 51.6 Å². The van der Waals surface area contributed by atoms with Gasteiger partial charge < -0.3 is 4.90 Å². The maximum atomic E-state index is 12.9. The summed E-state index contributed by atoms with van der Waals surface area (Å²) in [6.07, 6.45) is 6.77. The molecule has 2 rings (SSSR count). The van der Waals surface area contributed by atoms with Gasteiger partial charge in [-0.3, -0.25) is 9.78 Å². The van der Waals surface area contributed by atoms with Crippen LogP contribution in [0.2, 0.25) is 0 Å². The van der Waals surface area contributed by atoms with Crippen molar-refractivity contribution >= 4 is 17.7 Å². The van der Waals surface area contributed by atoms with E-state index in [-0.39, 0.29) is 6.04 Å². The first-order chi connectivity index (χ1) is 10.6. The summed E-state index contributed by atoms with van der Waals surface area (Å²) in [4.78, 5) is 19.2. The van der Waals surface area contributed by atoms with Crippen LogP contribution in [0.3, 0.4) is 0 Å². The molecule has 1 fully saturated rings. The van der Waals surface area contributed by atoms with Crippen molar-refractivity contribution in [3.8, 4) is 0 Å². The first-order valence-electron chi connectivity index (χ1n) is 8.40. The van der Waals surface area contributed by atoms with E-state index >= 15 is 0 Å². The molecule has 0 radical (unpaired) electrons. The Bertz CT molecular complexity index is 457. The van der Waals surface area contributed by atoms with Crippen LogP contribution in [-0.2, 0) is 4.79 Å². The van der Waals surface area contributed by atoms with Gasteiger partial charge in [0.2, 0.25) is 5.91 Å². The number of nitrogens with zero attached hydrogens (tertiary/aromatic N) is 2. The van der Waals surface area contributed by atoms with Gasteiger partial charge in [-0.25, -0.2) is 0 Å². The molecule has 2 heterocycles. The summed E-state index contributed by atoms with van der Waals surface area (Å²) in [6, 6.07) is 4.18. The van der Waals surface area contributed by atoms with Crippen molar-refractivity contribution in [2.45, 2.75) is 46.1 Å². The second-order valence-electron chi connectivity index (χ2n) is 6.41. The lowest BCUT2D eigenvalue weighted by molar-refractivity contribution is -0.135. The Labute approximate surface area is 138 Å². The molecule has 1 aromatic rings. The Morgan fingerprint density at radius 3 is 2.68 bits per heavy atom. The summed E-state index contributed by atoms with van der Waals surface area (Å²) in [7, 11) is 0. The van der Waals surface area contributed by atoms with E-state index in [0.717, 1.165) is 12.1 Å². The Balaban J connectivity index is 2.10. The van der Waals surface area contributed by atoms with E-state index in [9.17, 15) is 4.79 Å². The summed E-state index contributed by atoms with van der Waals surface area (Å²) in [5, 5.41) is 0. The minimum absolute atomic E-state index is 0.129. The van der Waals surface area contributed by atoms with Crippen LogP contribution < -0.4 is 0 Å². The quantitative estimate of drug-likeness (QED) is 0.789. The van der Waals surface area contributed by atoms with Gasteiger partial charge in [-0.2, -0.15) is 11.8 Å². The molecule has 122 valence electrons. The average molecular weight is 321 g/mol. The number of carbonyl (C=O) groups is 1. The van der Waals surface area contributed by atoms with Crippen LogP contribution in [0.25, 0.3) is 0 Å². The number of hydrogen-bond donors (Lipinski definition) is 0. The highest BCUT2D eigenvalue weighted by atomic mass is 32.2. The van der Waals surface area contributed by atoms with Gasteiger partial charge in [-0.05, 0) is 54.7 Å². The number of aromatic nitrogens is 1. The van der Waals surface area contributed by atoms with Crippen LogP contribution in [-0.4, -0.2) is 33.8 Å². The van der Waals surface area contributed by atoms with Crippen molar-refractivity contribution in [2.24, 2.45) is 11.8 Å². The molecule has 4 heteroatoms. The number of thioether (sulfide) groups is 1. The number of carbonyl (C=O) groups excluding carboxylic acids is 1. The third-order valence-electron chi connectivity index (χ3n) is 4.46. The van der Waals surface area contributed by atoms with Crippen molar-refractivity contribution in [1.82, 2.24) is 9.88 Å². The van der Waals surface area contributed by atoms with E-state index in [1.54, 1.807) is 6.20 Å². The second kappa shape index (κ2) is 8.56. The van der Waals surface area contributed by atoms with E-state index in [2.05, 4.69) is 36.7 Å². The number of rotatable bonds is 6. The Morgan fingerprint density at radius 2 is 2.14 bits per heavy atom. The van der Waals surface area contributed by atoms with Gasteiger partial charge in [0.25, 0.3) is 0 Å². The lowest BCUT2D eigenvalue weighted by atomic mass is 9.93. The number of amides is 1. The zero-order valence-electron chi connectivity index (χ0n) is 14.0. The monoisotopic (exact) mass is 320 g/mol. The van der Waals surface area contributed by atoms with Crippen molar-refractivity contribution in [3.05, 3.63) is 30.1 Å². The van der Waals surface area contributed by atoms with E-state index < -0.39 is 0 Å². The van der Waals surface area contributed by atoms with E-state index in [4.69, 9.17) is 0 Å². The number of pyridine rings is 1. The summed E-state index contributed by atoms with van der Waals surface area (Å²) in [5.74, 6) is 3.68. The van der Waals surface area contributed by atoms with Gasteiger partial charge in [0, 0.05) is 25.4 Å². The number of hydrogen-bond acceptors (Lipinski definition) is 3. The molecule has 0 aromatic carbocycles. The molecule has 0 N–H and O–H groups in total. The van der Waals surface area contributed by atoms with Crippen molar-refractivity contribution in [3.63, 3.8) is 0 Å². The zero-order chi connectivity index (χ0) is 15.9. The fourth-order valence-electron chi connectivity index (χ4n) is 3.32. The fraction of sp³-hybridized carbons (Fsp3) is 0.667. The summed E-state index contributed by atoms with van der Waals surface area (Å²) in [6.45, 7) is 7.22. The molecular formula is C18H28N2OS.